The summed E-state index contributed by atoms with van der Waals surface area (Å²) in [6.45, 7) is 2.69. The van der Waals surface area contributed by atoms with Gasteiger partial charge in [0, 0.05) is 11.8 Å². The van der Waals surface area contributed by atoms with E-state index in [2.05, 4.69) is 11.1 Å². The van der Waals surface area contributed by atoms with Crippen LogP contribution >= 0.6 is 0 Å². The van der Waals surface area contributed by atoms with E-state index in [1.54, 1.807) is 0 Å². The highest BCUT2D eigenvalue weighted by molar-refractivity contribution is 5.27. The zero-order chi connectivity index (χ0) is 9.10. The highest BCUT2D eigenvalue weighted by atomic mass is 16.5. The highest BCUT2D eigenvalue weighted by Crippen LogP contribution is 2.21. The summed E-state index contributed by atoms with van der Waals surface area (Å²) in [5.74, 6) is 0.781. The van der Waals surface area contributed by atoms with Crippen LogP contribution in [-0.2, 0) is 12.8 Å². The zero-order valence-electron chi connectivity index (χ0n) is 8.05. The molecule has 0 atom stereocenters. The summed E-state index contributed by atoms with van der Waals surface area (Å²) in [5.41, 5.74) is 2.66. The lowest BCUT2D eigenvalue weighted by Gasteiger charge is -2.15. The molecule has 1 aliphatic rings. The van der Waals surface area contributed by atoms with Gasteiger partial charge in [0.15, 0.2) is 0 Å². The lowest BCUT2D eigenvalue weighted by molar-refractivity contribution is 0.325. The van der Waals surface area contributed by atoms with Crippen molar-refractivity contribution in [3.63, 3.8) is 0 Å². The SMILES string of the molecule is CCOc1ccc2c(n1)CCCC2. The molecule has 0 aliphatic heterocycles. The number of pyridine rings is 1. The largest absolute Gasteiger partial charge is 0.478 e. The van der Waals surface area contributed by atoms with Gasteiger partial charge in [-0.25, -0.2) is 4.98 Å². The van der Waals surface area contributed by atoms with Crippen LogP contribution < -0.4 is 4.74 Å². The molecule has 1 heterocycles. The molecule has 0 bridgehead atoms. The van der Waals surface area contributed by atoms with Gasteiger partial charge in [-0.1, -0.05) is 6.07 Å². The molecule has 0 radical (unpaired) electrons. The molecule has 70 valence electrons. The fraction of sp³-hybridized carbons (Fsp3) is 0.545. The molecular weight excluding hydrogens is 162 g/mol. The van der Waals surface area contributed by atoms with Gasteiger partial charge in [0.05, 0.1) is 6.61 Å². The first-order chi connectivity index (χ1) is 6.40. The average Bonchev–Trinajstić information content (AvgIpc) is 2.18. The van der Waals surface area contributed by atoms with Gasteiger partial charge in [-0.3, -0.25) is 0 Å². The standard InChI is InChI=1S/C11H15NO/c1-2-13-11-8-7-9-5-3-4-6-10(9)12-11/h7-8H,2-6H2,1H3. The van der Waals surface area contributed by atoms with E-state index in [4.69, 9.17) is 4.74 Å². The van der Waals surface area contributed by atoms with Crippen molar-refractivity contribution in [3.05, 3.63) is 23.4 Å². The second-order valence-electron chi connectivity index (χ2n) is 3.40. The summed E-state index contributed by atoms with van der Waals surface area (Å²) in [6, 6.07) is 4.14. The van der Waals surface area contributed by atoms with Crippen molar-refractivity contribution in [1.29, 1.82) is 0 Å². The molecule has 0 N–H and O–H groups in total. The Hall–Kier alpha value is -1.05. The maximum absolute atomic E-state index is 5.36. The van der Waals surface area contributed by atoms with Crippen LogP contribution in [0, 0.1) is 0 Å². The fourth-order valence-corrected chi connectivity index (χ4v) is 1.79. The molecule has 0 saturated heterocycles. The van der Waals surface area contributed by atoms with Crippen LogP contribution in [0.15, 0.2) is 12.1 Å². The van der Waals surface area contributed by atoms with Gasteiger partial charge in [0.25, 0.3) is 0 Å². The Bertz CT molecular complexity index is 296. The molecule has 0 saturated carbocycles. The van der Waals surface area contributed by atoms with Gasteiger partial charge in [-0.2, -0.15) is 0 Å². The van der Waals surface area contributed by atoms with Gasteiger partial charge in [-0.05, 0) is 38.2 Å². The molecule has 0 spiro atoms. The van der Waals surface area contributed by atoms with E-state index < -0.39 is 0 Å². The van der Waals surface area contributed by atoms with Crippen LogP contribution in [0.5, 0.6) is 5.88 Å². The third-order valence-electron chi connectivity index (χ3n) is 2.44. The van der Waals surface area contributed by atoms with Gasteiger partial charge in [0.1, 0.15) is 0 Å². The van der Waals surface area contributed by atoms with Gasteiger partial charge in [-0.15, -0.1) is 0 Å². The van der Waals surface area contributed by atoms with Gasteiger partial charge < -0.3 is 4.74 Å². The number of aromatic nitrogens is 1. The van der Waals surface area contributed by atoms with Crippen molar-refractivity contribution in [2.75, 3.05) is 6.61 Å². The van der Waals surface area contributed by atoms with Gasteiger partial charge >= 0.3 is 0 Å². The summed E-state index contributed by atoms with van der Waals surface area (Å²) in [5, 5.41) is 0. The number of ether oxygens (including phenoxy) is 1. The van der Waals surface area contributed by atoms with Crippen LogP contribution in [-0.4, -0.2) is 11.6 Å². The number of aryl methyl sites for hydroxylation is 2. The Morgan fingerprint density at radius 3 is 3.00 bits per heavy atom. The van der Waals surface area contributed by atoms with Gasteiger partial charge in [0.2, 0.25) is 5.88 Å². The Labute approximate surface area is 78.9 Å². The van der Waals surface area contributed by atoms with Crippen molar-refractivity contribution < 1.29 is 4.74 Å². The third-order valence-corrected chi connectivity index (χ3v) is 2.44. The predicted octanol–water partition coefficient (Wildman–Crippen LogP) is 2.36. The van der Waals surface area contributed by atoms with Crippen molar-refractivity contribution in [2.24, 2.45) is 0 Å². The molecule has 1 aromatic rings. The van der Waals surface area contributed by atoms with Crippen molar-refractivity contribution >= 4 is 0 Å². The minimum Gasteiger partial charge on any atom is -0.478 e. The minimum absolute atomic E-state index is 0.700. The number of nitrogens with zero attached hydrogens (tertiary/aromatic N) is 1. The maximum Gasteiger partial charge on any atom is 0.213 e. The van der Waals surface area contributed by atoms with E-state index in [0.29, 0.717) is 6.61 Å². The second kappa shape index (κ2) is 3.77. The number of fused-ring (bicyclic) bond motifs is 1. The second-order valence-corrected chi connectivity index (χ2v) is 3.40. The maximum atomic E-state index is 5.36. The highest BCUT2D eigenvalue weighted by Gasteiger charge is 2.10. The Kier molecular flexibility index (Phi) is 2.48. The topological polar surface area (TPSA) is 22.1 Å². The molecule has 1 aliphatic carbocycles. The molecule has 0 aromatic carbocycles. The number of rotatable bonds is 2. The van der Waals surface area contributed by atoms with Crippen molar-refractivity contribution in [1.82, 2.24) is 4.98 Å². The van der Waals surface area contributed by atoms with E-state index in [-0.39, 0.29) is 0 Å². The number of hydrogen-bond acceptors (Lipinski definition) is 2. The van der Waals surface area contributed by atoms with Crippen LogP contribution in [0.4, 0.5) is 0 Å². The molecule has 13 heavy (non-hydrogen) atoms. The Morgan fingerprint density at radius 2 is 2.15 bits per heavy atom. The van der Waals surface area contributed by atoms with E-state index in [0.717, 1.165) is 12.3 Å². The van der Waals surface area contributed by atoms with E-state index in [9.17, 15) is 0 Å². The molecule has 2 heteroatoms. The molecule has 0 fully saturated rings. The average molecular weight is 177 g/mol. The minimum atomic E-state index is 0.700. The third kappa shape index (κ3) is 1.82. The molecular formula is C11H15NO. The van der Waals surface area contributed by atoms with Crippen molar-refractivity contribution in [3.8, 4) is 5.88 Å². The summed E-state index contributed by atoms with van der Waals surface area (Å²) in [6.07, 6.45) is 4.89. The van der Waals surface area contributed by atoms with Crippen LogP contribution in [0.3, 0.4) is 0 Å². The molecule has 2 rings (SSSR count). The number of hydrogen-bond donors (Lipinski definition) is 0. The molecule has 0 amide bonds. The van der Waals surface area contributed by atoms with Crippen LogP contribution in [0.25, 0.3) is 0 Å². The normalized spacial score (nSPS) is 15.2. The summed E-state index contributed by atoms with van der Waals surface area (Å²) < 4.78 is 5.36. The summed E-state index contributed by atoms with van der Waals surface area (Å²) in [4.78, 5) is 4.48. The molecule has 2 nitrogen and oxygen atoms in total. The molecule has 0 unspecified atom stereocenters. The Balaban J connectivity index is 2.24. The fourth-order valence-electron chi connectivity index (χ4n) is 1.79. The van der Waals surface area contributed by atoms with Crippen molar-refractivity contribution in [2.45, 2.75) is 32.6 Å². The summed E-state index contributed by atoms with van der Waals surface area (Å²) >= 11 is 0. The molecule has 1 aromatic heterocycles. The van der Waals surface area contributed by atoms with E-state index >= 15 is 0 Å². The monoisotopic (exact) mass is 177 g/mol. The first-order valence-electron chi connectivity index (χ1n) is 5.01. The quantitative estimate of drug-likeness (QED) is 0.691. The summed E-state index contributed by atoms with van der Waals surface area (Å²) in [7, 11) is 0. The first kappa shape index (κ1) is 8.54. The lowest BCUT2D eigenvalue weighted by atomic mass is 9.96. The lowest BCUT2D eigenvalue weighted by Crippen LogP contribution is -2.06. The van der Waals surface area contributed by atoms with E-state index in [1.165, 1.54) is 30.5 Å². The van der Waals surface area contributed by atoms with Crippen LogP contribution in [0.1, 0.15) is 31.0 Å². The predicted molar refractivity (Wildman–Crippen MR) is 52.0 cm³/mol. The first-order valence-corrected chi connectivity index (χ1v) is 5.01. The smallest absolute Gasteiger partial charge is 0.213 e. The van der Waals surface area contributed by atoms with Crippen LogP contribution in [0.2, 0.25) is 0 Å². The van der Waals surface area contributed by atoms with E-state index in [1.807, 2.05) is 13.0 Å². The Morgan fingerprint density at radius 1 is 1.31 bits per heavy atom. The zero-order valence-corrected chi connectivity index (χ0v) is 8.05.